The Hall–Kier alpha value is -0.290. The Bertz CT molecular complexity index is 616. The number of sulfonamides is 1. The Labute approximate surface area is 130 Å². The van der Waals surface area contributed by atoms with Gasteiger partial charge in [0.05, 0.1) is 4.90 Å². The van der Waals surface area contributed by atoms with Gasteiger partial charge in [-0.1, -0.05) is 18.5 Å². The van der Waals surface area contributed by atoms with Crippen molar-refractivity contribution in [3.63, 3.8) is 0 Å². The molecule has 0 aromatic heterocycles. The van der Waals surface area contributed by atoms with E-state index in [1.54, 1.807) is 17.3 Å². The van der Waals surface area contributed by atoms with Gasteiger partial charge in [0.15, 0.2) is 0 Å². The number of benzene rings is 1. The molecule has 3 nitrogen and oxygen atoms in total. The number of nitrogens with zero attached hydrogens (tertiary/aromatic N) is 1. The van der Waals surface area contributed by atoms with Crippen molar-refractivity contribution in [2.24, 2.45) is 5.92 Å². The van der Waals surface area contributed by atoms with E-state index in [0.29, 0.717) is 23.0 Å². The van der Waals surface area contributed by atoms with Crippen molar-refractivity contribution in [2.45, 2.75) is 44.0 Å². The highest BCUT2D eigenvalue weighted by Gasteiger charge is 2.37. The van der Waals surface area contributed by atoms with Gasteiger partial charge < -0.3 is 0 Å². The fraction of sp³-hybridized carbons (Fsp3) is 0.571. The van der Waals surface area contributed by atoms with Crippen LogP contribution in [0.4, 0.5) is 0 Å². The summed E-state index contributed by atoms with van der Waals surface area (Å²) in [5.41, 5.74) is 1.45. The second-order valence-corrected chi connectivity index (χ2v) is 8.15. The minimum absolute atomic E-state index is 0.0211. The minimum Gasteiger partial charge on any atom is -0.207 e. The molecule has 0 spiro atoms. The van der Waals surface area contributed by atoms with Gasteiger partial charge in [-0.2, -0.15) is 4.31 Å². The van der Waals surface area contributed by atoms with Crippen molar-refractivity contribution in [2.75, 3.05) is 6.54 Å². The van der Waals surface area contributed by atoms with E-state index in [-0.39, 0.29) is 16.8 Å². The molecule has 0 N–H and O–H groups in total. The van der Waals surface area contributed by atoms with Crippen LogP contribution in [0.2, 0.25) is 5.02 Å². The van der Waals surface area contributed by atoms with Crippen LogP contribution in [0.15, 0.2) is 17.0 Å². The van der Waals surface area contributed by atoms with Gasteiger partial charge in [-0.3, -0.25) is 0 Å². The van der Waals surface area contributed by atoms with Crippen LogP contribution in [0.5, 0.6) is 0 Å². The molecule has 112 valence electrons. The Morgan fingerprint density at radius 1 is 1.35 bits per heavy atom. The zero-order valence-electron chi connectivity index (χ0n) is 11.9. The first-order valence-electron chi connectivity index (χ1n) is 6.64. The molecule has 0 aliphatic carbocycles. The lowest BCUT2D eigenvalue weighted by atomic mass is 10.1. The highest BCUT2D eigenvalue weighted by Crippen LogP contribution is 2.33. The normalized spacial score (nSPS) is 24.2. The van der Waals surface area contributed by atoms with E-state index < -0.39 is 10.0 Å². The molecule has 2 atom stereocenters. The summed E-state index contributed by atoms with van der Waals surface area (Å²) in [4.78, 5) is 0.279. The van der Waals surface area contributed by atoms with E-state index in [2.05, 4.69) is 6.92 Å². The number of rotatable bonds is 3. The summed E-state index contributed by atoms with van der Waals surface area (Å²) >= 11 is 11.9. The summed E-state index contributed by atoms with van der Waals surface area (Å²) in [6.07, 6.45) is 0.890. The van der Waals surface area contributed by atoms with Crippen LogP contribution in [-0.2, 0) is 15.9 Å². The Balaban J connectivity index is 2.52. The van der Waals surface area contributed by atoms with Crippen molar-refractivity contribution >= 4 is 33.2 Å². The zero-order chi connectivity index (χ0) is 15.1. The fourth-order valence-electron chi connectivity index (χ4n) is 2.84. The molecule has 2 unspecified atom stereocenters. The third kappa shape index (κ3) is 2.84. The van der Waals surface area contributed by atoms with Crippen LogP contribution in [0, 0.1) is 12.8 Å². The van der Waals surface area contributed by atoms with E-state index in [1.165, 1.54) is 6.07 Å². The molecule has 1 fully saturated rings. The molecule has 1 aromatic carbocycles. The van der Waals surface area contributed by atoms with Gasteiger partial charge in [-0.25, -0.2) is 8.42 Å². The van der Waals surface area contributed by atoms with Gasteiger partial charge in [0, 0.05) is 23.5 Å². The van der Waals surface area contributed by atoms with E-state index >= 15 is 0 Å². The van der Waals surface area contributed by atoms with Crippen molar-refractivity contribution in [3.8, 4) is 0 Å². The molecule has 1 aliphatic rings. The SMILES string of the molecule is Cc1c(CCl)cc(Cl)cc1S(=O)(=O)N1CC(C)CC1C. The summed E-state index contributed by atoms with van der Waals surface area (Å²) in [6.45, 7) is 6.36. The molecule has 1 heterocycles. The second-order valence-electron chi connectivity index (χ2n) is 5.59. The van der Waals surface area contributed by atoms with Gasteiger partial charge in [-0.15, -0.1) is 11.6 Å². The maximum absolute atomic E-state index is 12.9. The fourth-order valence-corrected chi connectivity index (χ4v) is 5.48. The van der Waals surface area contributed by atoms with E-state index in [1.807, 2.05) is 6.92 Å². The lowest BCUT2D eigenvalue weighted by Crippen LogP contribution is -2.34. The predicted octanol–water partition coefficient (Wildman–Crippen LogP) is 3.81. The molecule has 1 aliphatic heterocycles. The molecule has 1 saturated heterocycles. The number of hydrogen-bond donors (Lipinski definition) is 0. The number of alkyl halides is 1. The van der Waals surface area contributed by atoms with E-state index in [9.17, 15) is 8.42 Å². The van der Waals surface area contributed by atoms with Crippen molar-refractivity contribution in [3.05, 3.63) is 28.3 Å². The van der Waals surface area contributed by atoms with Gasteiger partial charge in [0.1, 0.15) is 0 Å². The standard InChI is InChI=1S/C14H19Cl2NO2S/c1-9-4-10(2)17(8-9)20(18,19)14-6-13(16)5-12(7-15)11(14)3/h5-6,9-10H,4,7-8H2,1-3H3. The molecule has 2 rings (SSSR count). The van der Waals surface area contributed by atoms with Crippen molar-refractivity contribution in [1.82, 2.24) is 4.31 Å². The molecular formula is C14H19Cl2NO2S. The quantitative estimate of drug-likeness (QED) is 0.787. The summed E-state index contributed by atoms with van der Waals surface area (Å²) in [5.74, 6) is 0.632. The third-order valence-electron chi connectivity index (χ3n) is 3.89. The second kappa shape index (κ2) is 5.84. The van der Waals surface area contributed by atoms with Crippen LogP contribution < -0.4 is 0 Å². The molecule has 0 radical (unpaired) electrons. The third-order valence-corrected chi connectivity index (χ3v) is 6.50. The summed E-state index contributed by atoms with van der Waals surface area (Å²) in [7, 11) is -3.52. The van der Waals surface area contributed by atoms with Gasteiger partial charge in [0.2, 0.25) is 10.0 Å². The van der Waals surface area contributed by atoms with Crippen molar-refractivity contribution in [1.29, 1.82) is 0 Å². The summed E-state index contributed by atoms with van der Waals surface area (Å²) in [6, 6.07) is 3.27. The van der Waals surface area contributed by atoms with E-state index in [0.717, 1.165) is 12.0 Å². The smallest absolute Gasteiger partial charge is 0.207 e. The highest BCUT2D eigenvalue weighted by molar-refractivity contribution is 7.89. The van der Waals surface area contributed by atoms with Crippen LogP contribution in [0.1, 0.15) is 31.4 Å². The van der Waals surface area contributed by atoms with Crippen LogP contribution in [-0.4, -0.2) is 25.3 Å². The summed E-state index contributed by atoms with van der Waals surface area (Å²) < 4.78 is 27.3. The van der Waals surface area contributed by atoms with Crippen LogP contribution in [0.25, 0.3) is 0 Å². The first-order valence-corrected chi connectivity index (χ1v) is 8.99. The molecule has 20 heavy (non-hydrogen) atoms. The predicted molar refractivity (Wildman–Crippen MR) is 82.9 cm³/mol. The van der Waals surface area contributed by atoms with Gasteiger partial charge >= 0.3 is 0 Å². The molecule has 0 amide bonds. The molecule has 6 heteroatoms. The van der Waals surface area contributed by atoms with Gasteiger partial charge in [0.25, 0.3) is 0 Å². The highest BCUT2D eigenvalue weighted by atomic mass is 35.5. The monoisotopic (exact) mass is 335 g/mol. The Morgan fingerprint density at radius 3 is 2.50 bits per heavy atom. The first-order chi connectivity index (χ1) is 9.27. The average molecular weight is 336 g/mol. The maximum Gasteiger partial charge on any atom is 0.243 e. The lowest BCUT2D eigenvalue weighted by molar-refractivity contribution is 0.405. The minimum atomic E-state index is -3.52. The molecular weight excluding hydrogens is 317 g/mol. The van der Waals surface area contributed by atoms with Crippen LogP contribution in [0.3, 0.4) is 0 Å². The van der Waals surface area contributed by atoms with Gasteiger partial charge in [-0.05, 0) is 49.4 Å². The Morgan fingerprint density at radius 2 is 2.00 bits per heavy atom. The Kier molecular flexibility index (Phi) is 4.69. The largest absolute Gasteiger partial charge is 0.243 e. The van der Waals surface area contributed by atoms with E-state index in [4.69, 9.17) is 23.2 Å². The lowest BCUT2D eigenvalue weighted by Gasteiger charge is -2.23. The molecule has 0 saturated carbocycles. The topological polar surface area (TPSA) is 37.4 Å². The average Bonchev–Trinajstić information content (AvgIpc) is 2.71. The van der Waals surface area contributed by atoms with Crippen molar-refractivity contribution < 1.29 is 8.42 Å². The number of hydrogen-bond acceptors (Lipinski definition) is 2. The zero-order valence-corrected chi connectivity index (χ0v) is 14.2. The van der Waals surface area contributed by atoms with Crippen LogP contribution >= 0.6 is 23.2 Å². The summed E-state index contributed by atoms with van der Waals surface area (Å²) in [5, 5.41) is 0.407. The molecule has 1 aromatic rings. The first kappa shape index (κ1) is 16.1. The number of halogens is 2. The maximum atomic E-state index is 12.9. The molecule has 0 bridgehead atoms.